The first-order valence-electron chi connectivity index (χ1n) is 5.96. The van der Waals surface area contributed by atoms with Gasteiger partial charge in [0.25, 0.3) is 0 Å². The Labute approximate surface area is 111 Å². The maximum Gasteiger partial charge on any atom is 0.326 e. The third kappa shape index (κ3) is 5.29. The van der Waals surface area contributed by atoms with Gasteiger partial charge in [-0.25, -0.2) is 9.59 Å². The molecule has 19 heavy (non-hydrogen) atoms. The highest BCUT2D eigenvalue weighted by Crippen LogP contribution is 2.11. The van der Waals surface area contributed by atoms with E-state index in [1.807, 2.05) is 0 Å². The molecular formula is C13H18N2O4. The lowest BCUT2D eigenvalue weighted by Gasteiger charge is -2.16. The number of aromatic hydroxyl groups is 1. The average Bonchev–Trinajstić information content (AvgIpc) is 2.29. The van der Waals surface area contributed by atoms with Crippen molar-refractivity contribution in [1.82, 2.24) is 10.6 Å². The molecule has 0 aromatic heterocycles. The zero-order chi connectivity index (χ0) is 14.4. The number of carboxylic acid groups (broad SMARTS) is 1. The summed E-state index contributed by atoms with van der Waals surface area (Å²) in [6, 6.07) is 4.60. The lowest BCUT2D eigenvalue weighted by atomic mass is 10.1. The summed E-state index contributed by atoms with van der Waals surface area (Å²) in [5, 5.41) is 23.2. The number of urea groups is 1. The Morgan fingerprint density at radius 1 is 1.16 bits per heavy atom. The third-order valence-electron chi connectivity index (χ3n) is 2.40. The topological polar surface area (TPSA) is 98.7 Å². The molecule has 0 unspecified atom stereocenters. The van der Waals surface area contributed by atoms with Crippen molar-refractivity contribution in [3.63, 3.8) is 0 Å². The van der Waals surface area contributed by atoms with Crippen LogP contribution in [0.15, 0.2) is 24.3 Å². The van der Waals surface area contributed by atoms with Gasteiger partial charge in [0.15, 0.2) is 0 Å². The second-order valence-corrected chi connectivity index (χ2v) is 4.53. The van der Waals surface area contributed by atoms with Crippen LogP contribution in [0.4, 0.5) is 4.79 Å². The van der Waals surface area contributed by atoms with Crippen molar-refractivity contribution in [2.24, 2.45) is 0 Å². The van der Waals surface area contributed by atoms with Crippen molar-refractivity contribution < 1.29 is 19.8 Å². The molecule has 0 saturated carbocycles. The number of hydrogen-bond acceptors (Lipinski definition) is 3. The van der Waals surface area contributed by atoms with Crippen LogP contribution >= 0.6 is 0 Å². The fourth-order valence-electron chi connectivity index (χ4n) is 1.53. The summed E-state index contributed by atoms with van der Waals surface area (Å²) in [7, 11) is 0. The van der Waals surface area contributed by atoms with Gasteiger partial charge in [0.05, 0.1) is 0 Å². The number of phenols is 1. The third-order valence-corrected chi connectivity index (χ3v) is 2.40. The lowest BCUT2D eigenvalue weighted by molar-refractivity contribution is -0.139. The molecular weight excluding hydrogens is 248 g/mol. The van der Waals surface area contributed by atoms with Crippen molar-refractivity contribution in [1.29, 1.82) is 0 Å². The van der Waals surface area contributed by atoms with E-state index >= 15 is 0 Å². The van der Waals surface area contributed by atoms with Crippen molar-refractivity contribution in [3.8, 4) is 5.75 Å². The van der Waals surface area contributed by atoms with Crippen LogP contribution in [-0.4, -0.2) is 34.3 Å². The molecule has 0 fully saturated rings. The van der Waals surface area contributed by atoms with Crippen molar-refractivity contribution in [3.05, 3.63) is 29.8 Å². The molecule has 6 nitrogen and oxygen atoms in total. The Hall–Kier alpha value is -2.24. The van der Waals surface area contributed by atoms with Gasteiger partial charge in [-0.3, -0.25) is 0 Å². The highest BCUT2D eigenvalue weighted by molar-refractivity contribution is 5.82. The first-order valence-corrected chi connectivity index (χ1v) is 5.96. The fourth-order valence-corrected chi connectivity index (χ4v) is 1.53. The van der Waals surface area contributed by atoms with E-state index in [2.05, 4.69) is 10.6 Å². The summed E-state index contributed by atoms with van der Waals surface area (Å²) in [6.07, 6.45) is 0.154. The summed E-state index contributed by atoms with van der Waals surface area (Å²) in [5.41, 5.74) is 0.718. The highest BCUT2D eigenvalue weighted by atomic mass is 16.4. The normalized spacial score (nSPS) is 11.9. The van der Waals surface area contributed by atoms with Crippen LogP contribution in [0.3, 0.4) is 0 Å². The molecule has 0 aliphatic carbocycles. The van der Waals surface area contributed by atoms with E-state index in [1.165, 1.54) is 12.1 Å². The van der Waals surface area contributed by atoms with E-state index in [9.17, 15) is 9.59 Å². The SMILES string of the molecule is CC(C)NC(=O)N[C@H](Cc1ccc(O)cc1)C(=O)O. The van der Waals surface area contributed by atoms with Crippen molar-refractivity contribution in [2.45, 2.75) is 32.4 Å². The van der Waals surface area contributed by atoms with Crippen LogP contribution < -0.4 is 10.6 Å². The molecule has 1 aromatic carbocycles. The molecule has 6 heteroatoms. The number of carbonyl (C=O) groups is 2. The number of carboxylic acids is 1. The van der Waals surface area contributed by atoms with E-state index in [1.54, 1.807) is 26.0 Å². The monoisotopic (exact) mass is 266 g/mol. The number of nitrogens with one attached hydrogen (secondary N) is 2. The first-order chi connectivity index (χ1) is 8.88. The van der Waals surface area contributed by atoms with Crippen LogP contribution in [0, 0.1) is 0 Å². The van der Waals surface area contributed by atoms with E-state index in [0.29, 0.717) is 0 Å². The van der Waals surface area contributed by atoms with Gasteiger partial charge < -0.3 is 20.8 Å². The van der Waals surface area contributed by atoms with Gasteiger partial charge in [-0.15, -0.1) is 0 Å². The molecule has 0 heterocycles. The predicted molar refractivity (Wildman–Crippen MR) is 70.0 cm³/mol. The predicted octanol–water partition coefficient (Wildman–Crippen LogP) is 1.10. The zero-order valence-corrected chi connectivity index (χ0v) is 10.9. The molecule has 104 valence electrons. The summed E-state index contributed by atoms with van der Waals surface area (Å²) in [4.78, 5) is 22.6. The summed E-state index contributed by atoms with van der Waals surface area (Å²) in [5.74, 6) is -0.992. The van der Waals surface area contributed by atoms with Crippen molar-refractivity contribution in [2.75, 3.05) is 0 Å². The zero-order valence-electron chi connectivity index (χ0n) is 10.9. The van der Waals surface area contributed by atoms with Crippen LogP contribution in [0.25, 0.3) is 0 Å². The molecule has 0 aliphatic heterocycles. The number of hydrogen-bond donors (Lipinski definition) is 4. The molecule has 0 spiro atoms. The second-order valence-electron chi connectivity index (χ2n) is 4.53. The Morgan fingerprint density at radius 2 is 1.74 bits per heavy atom. The molecule has 0 bridgehead atoms. The summed E-state index contributed by atoms with van der Waals surface area (Å²) < 4.78 is 0. The van der Waals surface area contributed by atoms with Gasteiger partial charge in [0.1, 0.15) is 11.8 Å². The Kier molecular flexibility index (Phi) is 5.17. The number of phenolic OH excluding ortho intramolecular Hbond substituents is 1. The second kappa shape index (κ2) is 6.63. The Bertz CT molecular complexity index is 442. The number of carbonyl (C=O) groups excluding carboxylic acids is 1. The van der Waals surface area contributed by atoms with Gasteiger partial charge in [-0.05, 0) is 31.5 Å². The first kappa shape index (κ1) is 14.8. The minimum absolute atomic E-state index is 0.0666. The number of aliphatic carboxylic acids is 1. The smallest absolute Gasteiger partial charge is 0.326 e. The van der Waals surface area contributed by atoms with Gasteiger partial charge in [-0.1, -0.05) is 12.1 Å². The van der Waals surface area contributed by atoms with E-state index in [4.69, 9.17) is 10.2 Å². The largest absolute Gasteiger partial charge is 0.508 e. The fraction of sp³-hybridized carbons (Fsp3) is 0.385. The van der Waals surface area contributed by atoms with Crippen LogP contribution in [0.5, 0.6) is 5.75 Å². The maximum absolute atomic E-state index is 11.5. The standard InChI is InChI=1S/C13H18N2O4/c1-8(2)14-13(19)15-11(12(17)18)7-9-3-5-10(16)6-4-9/h3-6,8,11,16H,7H2,1-2H3,(H,17,18)(H2,14,15,19)/t11-/m1/s1. The minimum Gasteiger partial charge on any atom is -0.508 e. The van der Waals surface area contributed by atoms with Gasteiger partial charge in [-0.2, -0.15) is 0 Å². The molecule has 4 N–H and O–H groups in total. The molecule has 0 aliphatic rings. The maximum atomic E-state index is 11.5. The highest BCUT2D eigenvalue weighted by Gasteiger charge is 2.20. The van der Waals surface area contributed by atoms with Gasteiger partial charge >= 0.3 is 12.0 Å². The molecule has 1 aromatic rings. The summed E-state index contributed by atoms with van der Waals surface area (Å²) >= 11 is 0. The molecule has 2 amide bonds. The molecule has 0 saturated heterocycles. The quantitative estimate of drug-likeness (QED) is 0.641. The summed E-state index contributed by atoms with van der Waals surface area (Å²) in [6.45, 7) is 3.57. The number of rotatable bonds is 5. The number of benzene rings is 1. The van der Waals surface area contributed by atoms with Gasteiger partial charge in [0.2, 0.25) is 0 Å². The molecule has 1 rings (SSSR count). The Morgan fingerprint density at radius 3 is 2.21 bits per heavy atom. The Balaban J connectivity index is 2.65. The lowest BCUT2D eigenvalue weighted by Crippen LogP contribution is -2.48. The van der Waals surface area contributed by atoms with E-state index in [-0.39, 0.29) is 18.2 Å². The van der Waals surface area contributed by atoms with Crippen molar-refractivity contribution >= 4 is 12.0 Å². The van der Waals surface area contributed by atoms with E-state index in [0.717, 1.165) is 5.56 Å². The average molecular weight is 266 g/mol. The van der Waals surface area contributed by atoms with Gasteiger partial charge in [0, 0.05) is 12.5 Å². The van der Waals surface area contributed by atoms with Crippen LogP contribution in [0.1, 0.15) is 19.4 Å². The molecule has 0 radical (unpaired) electrons. The van der Waals surface area contributed by atoms with E-state index < -0.39 is 18.0 Å². The minimum atomic E-state index is -1.10. The van der Waals surface area contributed by atoms with Crippen LogP contribution in [-0.2, 0) is 11.2 Å². The van der Waals surface area contributed by atoms with Crippen LogP contribution in [0.2, 0.25) is 0 Å². The number of amides is 2. The molecule has 1 atom stereocenters.